The van der Waals surface area contributed by atoms with Gasteiger partial charge in [-0.15, -0.1) is 0 Å². The molecule has 0 saturated heterocycles. The van der Waals surface area contributed by atoms with Gasteiger partial charge in [-0.1, -0.05) is 12.1 Å². The molecule has 0 fully saturated rings. The maximum Gasteiger partial charge on any atom is 0.326 e. The molecule has 4 unspecified atom stereocenters. The Bertz CT molecular complexity index is 1180. The smallest absolute Gasteiger partial charge is 0.326 e. The lowest BCUT2D eigenvalue weighted by Gasteiger charge is -2.24. The second-order valence-electron chi connectivity index (χ2n) is 8.48. The summed E-state index contributed by atoms with van der Waals surface area (Å²) in [4.78, 5) is 78.8. The lowest BCUT2D eigenvalue weighted by molar-refractivity contribution is -0.148. The third-order valence-corrected chi connectivity index (χ3v) is 5.35. The summed E-state index contributed by atoms with van der Waals surface area (Å²) in [5.41, 5.74) is 6.96. The van der Waals surface area contributed by atoms with E-state index in [1.54, 1.807) is 0 Å². The van der Waals surface area contributed by atoms with Gasteiger partial charge in [0, 0.05) is 24.7 Å². The molecule has 0 radical (unpaired) electrons. The summed E-state index contributed by atoms with van der Waals surface area (Å²) in [5, 5.41) is 43.3. The normalized spacial score (nSPS) is 13.8. The summed E-state index contributed by atoms with van der Waals surface area (Å²) in [5.74, 6) is -7.82. The average Bonchev–Trinajstić information content (AvgIpc) is 3.36. The number of aliphatic carboxylic acids is 3. The van der Waals surface area contributed by atoms with Crippen LogP contribution in [0, 0.1) is 0 Å². The number of aromatic hydroxyl groups is 1. The Morgan fingerprint density at radius 1 is 0.795 bits per heavy atom. The molecular weight excluding hydrogens is 520 g/mol. The van der Waals surface area contributed by atoms with Crippen molar-refractivity contribution in [3.63, 3.8) is 0 Å². The van der Waals surface area contributed by atoms with Crippen LogP contribution in [0.2, 0.25) is 0 Å². The third kappa shape index (κ3) is 10.1. The Morgan fingerprint density at radius 2 is 1.33 bits per heavy atom. The molecule has 0 aliphatic heterocycles. The number of nitrogens with one attached hydrogen (secondary N) is 4. The highest BCUT2D eigenvalue weighted by Crippen LogP contribution is 2.12. The Kier molecular flexibility index (Phi) is 10.9. The van der Waals surface area contributed by atoms with E-state index in [2.05, 4.69) is 20.6 Å². The molecule has 16 heteroatoms. The number of phenols is 1. The largest absolute Gasteiger partial charge is 0.508 e. The van der Waals surface area contributed by atoms with Crippen molar-refractivity contribution >= 4 is 35.6 Å². The molecule has 0 aliphatic rings. The van der Waals surface area contributed by atoms with Crippen molar-refractivity contribution in [2.24, 2.45) is 5.73 Å². The first kappa shape index (κ1) is 30.2. The van der Waals surface area contributed by atoms with Gasteiger partial charge in [-0.2, -0.15) is 0 Å². The van der Waals surface area contributed by atoms with Crippen molar-refractivity contribution < 1.29 is 49.2 Å². The maximum absolute atomic E-state index is 13.2. The van der Waals surface area contributed by atoms with E-state index >= 15 is 0 Å². The third-order valence-electron chi connectivity index (χ3n) is 5.35. The topological polar surface area (TPSA) is 274 Å². The molecule has 0 spiro atoms. The number of aromatic nitrogens is 2. The number of rotatable bonds is 15. The average molecular weight is 549 g/mol. The number of carbonyl (C=O) groups is 6. The van der Waals surface area contributed by atoms with Gasteiger partial charge >= 0.3 is 17.9 Å². The molecule has 1 heterocycles. The van der Waals surface area contributed by atoms with Crippen LogP contribution in [-0.4, -0.2) is 90.2 Å². The molecule has 2 aromatic rings. The second kappa shape index (κ2) is 14.1. The molecule has 4 atom stereocenters. The zero-order valence-electron chi connectivity index (χ0n) is 20.4. The molecule has 10 N–H and O–H groups in total. The SMILES string of the molecule is NC(Cc1cnc[nH]1)C(=O)NC(Cc1ccc(O)cc1)C(=O)NC(CC(=O)O)C(=O)NC(CC(=O)O)C(=O)O. The van der Waals surface area contributed by atoms with Crippen LogP contribution in [-0.2, 0) is 41.6 Å². The number of hydrogen-bond donors (Lipinski definition) is 9. The van der Waals surface area contributed by atoms with Gasteiger partial charge in [-0.05, 0) is 17.7 Å². The van der Waals surface area contributed by atoms with Crippen LogP contribution in [0.1, 0.15) is 24.1 Å². The minimum atomic E-state index is -1.89. The van der Waals surface area contributed by atoms with Crippen LogP contribution in [0.3, 0.4) is 0 Å². The van der Waals surface area contributed by atoms with Crippen molar-refractivity contribution in [2.45, 2.75) is 49.9 Å². The number of amides is 3. The van der Waals surface area contributed by atoms with Crippen LogP contribution < -0.4 is 21.7 Å². The van der Waals surface area contributed by atoms with E-state index in [4.69, 9.17) is 15.9 Å². The van der Waals surface area contributed by atoms with Gasteiger partial charge in [0.2, 0.25) is 17.7 Å². The van der Waals surface area contributed by atoms with Gasteiger partial charge in [-0.3, -0.25) is 24.0 Å². The van der Waals surface area contributed by atoms with Crippen LogP contribution in [0.25, 0.3) is 0 Å². The Labute approximate surface area is 220 Å². The number of nitrogens with two attached hydrogens (primary N) is 1. The van der Waals surface area contributed by atoms with Crippen LogP contribution in [0.15, 0.2) is 36.8 Å². The number of carbonyl (C=O) groups excluding carboxylic acids is 3. The number of nitrogens with zero attached hydrogens (tertiary/aromatic N) is 1. The summed E-state index contributed by atoms with van der Waals surface area (Å²) < 4.78 is 0. The molecular formula is C23H28N6O10. The Hall–Kier alpha value is -4.99. The van der Waals surface area contributed by atoms with Gasteiger partial charge in [0.25, 0.3) is 0 Å². The summed E-state index contributed by atoms with van der Waals surface area (Å²) in [6.45, 7) is 0. The Morgan fingerprint density at radius 3 is 1.87 bits per heavy atom. The van der Waals surface area contributed by atoms with Crippen molar-refractivity contribution in [2.75, 3.05) is 0 Å². The summed E-state index contributed by atoms with van der Waals surface area (Å²) in [6, 6.07) is -0.593. The molecule has 1 aromatic heterocycles. The molecule has 1 aromatic carbocycles. The fraction of sp³-hybridized carbons (Fsp3) is 0.348. The first-order valence-electron chi connectivity index (χ1n) is 11.4. The predicted molar refractivity (Wildman–Crippen MR) is 130 cm³/mol. The molecule has 210 valence electrons. The van der Waals surface area contributed by atoms with Crippen LogP contribution >= 0.6 is 0 Å². The van der Waals surface area contributed by atoms with Crippen molar-refractivity contribution in [3.8, 4) is 5.75 Å². The van der Waals surface area contributed by atoms with Gasteiger partial charge in [0.15, 0.2) is 0 Å². The summed E-state index contributed by atoms with van der Waals surface area (Å²) in [7, 11) is 0. The lowest BCUT2D eigenvalue weighted by Crippen LogP contribution is -2.58. The fourth-order valence-corrected chi connectivity index (χ4v) is 3.38. The van der Waals surface area contributed by atoms with Crippen molar-refractivity contribution in [3.05, 3.63) is 48.0 Å². The van der Waals surface area contributed by atoms with Gasteiger partial charge in [0.1, 0.15) is 23.9 Å². The molecule has 39 heavy (non-hydrogen) atoms. The number of benzene rings is 1. The molecule has 0 saturated carbocycles. The fourth-order valence-electron chi connectivity index (χ4n) is 3.38. The van der Waals surface area contributed by atoms with E-state index in [0.29, 0.717) is 11.3 Å². The summed E-state index contributed by atoms with van der Waals surface area (Å²) in [6.07, 6.45) is 0.757. The van der Waals surface area contributed by atoms with E-state index < -0.39 is 72.6 Å². The van der Waals surface area contributed by atoms with E-state index in [-0.39, 0.29) is 18.6 Å². The van der Waals surface area contributed by atoms with E-state index in [9.17, 15) is 39.0 Å². The number of aromatic amines is 1. The van der Waals surface area contributed by atoms with Gasteiger partial charge in [-0.25, -0.2) is 9.78 Å². The zero-order chi connectivity index (χ0) is 29.1. The molecule has 0 aliphatic carbocycles. The second-order valence-corrected chi connectivity index (χ2v) is 8.48. The predicted octanol–water partition coefficient (Wildman–Crippen LogP) is -2.28. The van der Waals surface area contributed by atoms with Crippen molar-refractivity contribution in [1.29, 1.82) is 0 Å². The van der Waals surface area contributed by atoms with Crippen molar-refractivity contribution in [1.82, 2.24) is 25.9 Å². The minimum absolute atomic E-state index is 0.0452. The maximum atomic E-state index is 13.2. The molecule has 16 nitrogen and oxygen atoms in total. The lowest BCUT2D eigenvalue weighted by atomic mass is 10.0. The quantitative estimate of drug-likeness (QED) is 0.114. The number of phenolic OH excluding ortho intramolecular Hbond substituents is 1. The molecule has 0 bridgehead atoms. The Balaban J connectivity index is 2.23. The van der Waals surface area contributed by atoms with Crippen LogP contribution in [0.4, 0.5) is 0 Å². The number of carboxylic acids is 3. The standard InChI is InChI=1S/C23H28N6O10/c24-14(6-12-9-25-10-26-12)20(35)27-15(5-11-1-3-13(30)4-2-11)21(36)28-16(7-18(31)32)22(37)29-17(23(38)39)8-19(33)34/h1-4,9-10,14-17,30H,5-8,24H2,(H,25,26)(H,27,35)(H,28,36)(H,29,37)(H,31,32)(H,33,34)(H,38,39). The minimum Gasteiger partial charge on any atom is -0.508 e. The van der Waals surface area contributed by atoms with Gasteiger partial charge in [0.05, 0.1) is 25.2 Å². The highest BCUT2D eigenvalue weighted by molar-refractivity contribution is 5.96. The number of carboxylic acid groups (broad SMARTS) is 3. The van der Waals surface area contributed by atoms with Crippen LogP contribution in [0.5, 0.6) is 5.75 Å². The number of hydrogen-bond acceptors (Lipinski definition) is 9. The van der Waals surface area contributed by atoms with E-state index in [1.165, 1.54) is 36.8 Å². The van der Waals surface area contributed by atoms with E-state index in [1.807, 2.05) is 5.32 Å². The molecule has 2 rings (SSSR count). The number of imidazole rings is 1. The van der Waals surface area contributed by atoms with E-state index in [0.717, 1.165) is 0 Å². The zero-order valence-corrected chi connectivity index (χ0v) is 20.4. The van der Waals surface area contributed by atoms with Gasteiger partial charge < -0.3 is 47.1 Å². The summed E-state index contributed by atoms with van der Waals surface area (Å²) >= 11 is 0. The monoisotopic (exact) mass is 548 g/mol. The first-order valence-corrected chi connectivity index (χ1v) is 11.4. The first-order chi connectivity index (χ1) is 18.3. The highest BCUT2D eigenvalue weighted by Gasteiger charge is 2.32. The molecule has 3 amide bonds. The highest BCUT2D eigenvalue weighted by atomic mass is 16.4. The number of H-pyrrole nitrogens is 1.